The Hall–Kier alpha value is -1.91. The number of rotatable bonds is 4. The molecule has 1 saturated heterocycles. The Morgan fingerprint density at radius 3 is 2.07 bits per heavy atom. The summed E-state index contributed by atoms with van der Waals surface area (Å²) in [7, 11) is 0. The summed E-state index contributed by atoms with van der Waals surface area (Å²) in [4.78, 5) is 10.9. The molecule has 0 amide bonds. The van der Waals surface area contributed by atoms with Crippen LogP contribution < -0.4 is 0 Å². The zero-order valence-electron chi connectivity index (χ0n) is 17.9. The lowest BCUT2D eigenvalue weighted by Crippen LogP contribution is -2.35. The second kappa shape index (κ2) is 7.16. The molecule has 0 aromatic heterocycles. The van der Waals surface area contributed by atoms with Gasteiger partial charge in [0.05, 0.1) is 13.2 Å². The van der Waals surface area contributed by atoms with Crippen LogP contribution in [-0.4, -0.2) is 24.3 Å². The molecule has 152 valence electrons. The van der Waals surface area contributed by atoms with Gasteiger partial charge in [-0.25, -0.2) is 4.79 Å². The zero-order valence-corrected chi connectivity index (χ0v) is 17.9. The molecule has 1 N–H and O–H groups in total. The van der Waals surface area contributed by atoms with E-state index in [1.165, 1.54) is 23.6 Å². The molecule has 4 nitrogen and oxygen atoms in total. The minimum atomic E-state index is -0.968. The zero-order chi connectivity index (χ0) is 20.7. The van der Waals surface area contributed by atoms with Gasteiger partial charge >= 0.3 is 5.97 Å². The van der Waals surface area contributed by atoms with Crippen LogP contribution in [0.1, 0.15) is 69.7 Å². The highest BCUT2D eigenvalue weighted by atomic mass is 16.7. The van der Waals surface area contributed by atoms with E-state index in [1.807, 2.05) is 6.08 Å². The summed E-state index contributed by atoms with van der Waals surface area (Å²) in [6.07, 6.45) is 7.12. The van der Waals surface area contributed by atoms with Crippen LogP contribution in [0.25, 0.3) is 0 Å². The van der Waals surface area contributed by atoms with Gasteiger partial charge in [-0.2, -0.15) is 0 Å². The fourth-order valence-corrected chi connectivity index (χ4v) is 4.35. The number of hydrogen-bond acceptors (Lipinski definition) is 3. The lowest BCUT2D eigenvalue weighted by molar-refractivity contribution is -0.131. The van der Waals surface area contributed by atoms with Gasteiger partial charge in [0, 0.05) is 11.6 Å². The summed E-state index contributed by atoms with van der Waals surface area (Å²) in [6.45, 7) is 14.1. The highest BCUT2D eigenvalue weighted by molar-refractivity contribution is 5.81. The third kappa shape index (κ3) is 3.81. The Morgan fingerprint density at radius 2 is 1.54 bits per heavy atom. The molecular formula is C24H32O4. The third-order valence-electron chi connectivity index (χ3n) is 6.21. The Kier molecular flexibility index (Phi) is 5.32. The molecule has 1 fully saturated rings. The van der Waals surface area contributed by atoms with Crippen LogP contribution >= 0.6 is 0 Å². The van der Waals surface area contributed by atoms with Crippen molar-refractivity contribution in [3.8, 4) is 0 Å². The van der Waals surface area contributed by atoms with Gasteiger partial charge in [-0.1, -0.05) is 39.8 Å². The largest absolute Gasteiger partial charge is 0.478 e. The first-order chi connectivity index (χ1) is 13.0. The third-order valence-corrected chi connectivity index (χ3v) is 6.21. The normalized spacial score (nSPS) is 23.0. The van der Waals surface area contributed by atoms with Crippen molar-refractivity contribution in [3.05, 3.63) is 58.2 Å². The molecule has 28 heavy (non-hydrogen) atoms. The monoisotopic (exact) mass is 384 g/mol. The number of carboxylic acids is 1. The maximum absolute atomic E-state index is 10.9. The van der Waals surface area contributed by atoms with E-state index < -0.39 is 11.8 Å². The van der Waals surface area contributed by atoms with Crippen LogP contribution in [-0.2, 0) is 30.9 Å². The van der Waals surface area contributed by atoms with Crippen molar-refractivity contribution in [2.24, 2.45) is 0 Å². The number of carboxylic acid groups (broad SMARTS) is 1. The van der Waals surface area contributed by atoms with E-state index in [0.717, 1.165) is 17.5 Å². The van der Waals surface area contributed by atoms with Gasteiger partial charge in [0.25, 0.3) is 0 Å². The van der Waals surface area contributed by atoms with Crippen LogP contribution in [0.4, 0.5) is 0 Å². The molecule has 1 aliphatic carbocycles. The quantitative estimate of drug-likeness (QED) is 0.577. The van der Waals surface area contributed by atoms with Gasteiger partial charge in [-0.05, 0) is 71.9 Å². The molecule has 4 heteroatoms. The maximum Gasteiger partial charge on any atom is 0.328 e. The molecule has 0 spiro atoms. The van der Waals surface area contributed by atoms with E-state index in [4.69, 9.17) is 14.6 Å². The van der Waals surface area contributed by atoms with E-state index in [-0.39, 0.29) is 10.8 Å². The van der Waals surface area contributed by atoms with Crippen LogP contribution in [0.3, 0.4) is 0 Å². The van der Waals surface area contributed by atoms with E-state index in [1.54, 1.807) is 13.0 Å². The van der Waals surface area contributed by atoms with Crippen LogP contribution in [0.15, 0.2) is 35.9 Å². The molecule has 2 aliphatic rings. The highest BCUT2D eigenvalue weighted by Gasteiger charge is 2.42. The second-order valence-corrected chi connectivity index (χ2v) is 9.40. The summed E-state index contributed by atoms with van der Waals surface area (Å²) in [5, 5.41) is 8.97. The predicted octanol–water partition coefficient (Wildman–Crippen LogP) is 5.13. The van der Waals surface area contributed by atoms with E-state index >= 15 is 0 Å². The summed E-state index contributed by atoms with van der Waals surface area (Å²) in [6, 6.07) is 4.56. The molecular weight excluding hydrogens is 352 g/mol. The molecule has 0 radical (unpaired) electrons. The lowest BCUT2D eigenvalue weighted by atomic mass is 9.62. The van der Waals surface area contributed by atoms with E-state index in [9.17, 15) is 4.79 Å². The molecule has 1 heterocycles. The SMILES string of the molecule is CC(C=CC1(c2cc3c(cc2C)C(C)(C)CCC3(C)C)OCCO1)=CC(=O)O. The lowest BCUT2D eigenvalue weighted by Gasteiger charge is -2.43. The van der Waals surface area contributed by atoms with Gasteiger partial charge in [0.15, 0.2) is 0 Å². The molecule has 0 atom stereocenters. The topological polar surface area (TPSA) is 55.8 Å². The van der Waals surface area contributed by atoms with E-state index in [2.05, 4.69) is 46.8 Å². The van der Waals surface area contributed by atoms with Crippen molar-refractivity contribution in [1.29, 1.82) is 0 Å². The van der Waals surface area contributed by atoms with Gasteiger partial charge in [-0.15, -0.1) is 0 Å². The molecule has 1 aromatic rings. The standard InChI is InChI=1S/C24H32O4/c1-16(13-21(25)26)7-8-24(27-11-12-28-24)18-15-20-19(14-17(18)2)22(3,4)9-10-23(20,5)6/h7-8,13-15H,9-12H2,1-6H3,(H,25,26). The molecule has 1 aromatic carbocycles. The highest BCUT2D eigenvalue weighted by Crippen LogP contribution is 2.48. The number of carbonyl (C=O) groups is 1. The van der Waals surface area contributed by atoms with Crippen molar-refractivity contribution in [2.45, 2.75) is 71.0 Å². The Bertz CT molecular complexity index is 836. The summed E-state index contributed by atoms with van der Waals surface area (Å²) in [5.41, 5.74) is 5.79. The first-order valence-corrected chi connectivity index (χ1v) is 10.0. The Balaban J connectivity index is 2.13. The summed E-state index contributed by atoms with van der Waals surface area (Å²) in [5.74, 6) is -1.93. The maximum atomic E-state index is 10.9. The van der Waals surface area contributed by atoms with Crippen LogP contribution in [0, 0.1) is 6.92 Å². The molecule has 1 aliphatic heterocycles. The summed E-state index contributed by atoms with van der Waals surface area (Å²) < 4.78 is 12.2. The predicted molar refractivity (Wildman–Crippen MR) is 111 cm³/mol. The van der Waals surface area contributed by atoms with Gasteiger partial charge in [0.1, 0.15) is 0 Å². The molecule has 0 saturated carbocycles. The number of aliphatic carboxylic acids is 1. The average molecular weight is 385 g/mol. The number of ether oxygens (including phenoxy) is 2. The van der Waals surface area contributed by atoms with Gasteiger partial charge in [0.2, 0.25) is 5.79 Å². The first kappa shape index (κ1) is 20.8. The second-order valence-electron chi connectivity index (χ2n) is 9.40. The van der Waals surface area contributed by atoms with Crippen molar-refractivity contribution in [1.82, 2.24) is 0 Å². The number of fused-ring (bicyclic) bond motifs is 1. The van der Waals surface area contributed by atoms with E-state index in [0.29, 0.717) is 18.8 Å². The van der Waals surface area contributed by atoms with Gasteiger partial charge in [-0.3, -0.25) is 0 Å². The molecule has 0 bridgehead atoms. The fourth-order valence-electron chi connectivity index (χ4n) is 4.35. The summed E-state index contributed by atoms with van der Waals surface area (Å²) >= 11 is 0. The Morgan fingerprint density at radius 1 is 1.00 bits per heavy atom. The number of benzene rings is 1. The Labute approximate surface area is 168 Å². The molecule has 0 unspecified atom stereocenters. The number of allylic oxidation sites excluding steroid dienone is 2. The van der Waals surface area contributed by atoms with Crippen molar-refractivity contribution in [2.75, 3.05) is 13.2 Å². The van der Waals surface area contributed by atoms with Crippen LogP contribution in [0.2, 0.25) is 0 Å². The average Bonchev–Trinajstić information content (AvgIpc) is 3.06. The van der Waals surface area contributed by atoms with Crippen molar-refractivity contribution >= 4 is 5.97 Å². The number of hydrogen-bond donors (Lipinski definition) is 1. The number of aryl methyl sites for hydroxylation is 1. The van der Waals surface area contributed by atoms with Crippen LogP contribution in [0.5, 0.6) is 0 Å². The van der Waals surface area contributed by atoms with Gasteiger partial charge < -0.3 is 14.6 Å². The minimum absolute atomic E-state index is 0.0932. The smallest absolute Gasteiger partial charge is 0.328 e. The fraction of sp³-hybridized carbons (Fsp3) is 0.542. The first-order valence-electron chi connectivity index (χ1n) is 10.0. The van der Waals surface area contributed by atoms with Crippen molar-refractivity contribution < 1.29 is 19.4 Å². The molecule has 3 rings (SSSR count). The van der Waals surface area contributed by atoms with Crippen molar-refractivity contribution in [3.63, 3.8) is 0 Å². The minimum Gasteiger partial charge on any atom is -0.478 e.